The number of hydrogen-bond donors (Lipinski definition) is 0. The molecule has 2 aliphatic rings. The van der Waals surface area contributed by atoms with Gasteiger partial charge in [-0.3, -0.25) is 14.4 Å². The predicted octanol–water partition coefficient (Wildman–Crippen LogP) is 5.33. The zero-order valence-corrected chi connectivity index (χ0v) is 18.7. The molecule has 32 heavy (non-hydrogen) atoms. The molecule has 0 aromatic heterocycles. The number of fused-ring (bicyclic) bond motifs is 2. The van der Waals surface area contributed by atoms with Gasteiger partial charge >= 0.3 is 0 Å². The molecule has 0 aliphatic carbocycles. The van der Waals surface area contributed by atoms with Gasteiger partial charge in [0.2, 0.25) is 0 Å². The lowest BCUT2D eigenvalue weighted by Crippen LogP contribution is -2.32. The summed E-state index contributed by atoms with van der Waals surface area (Å²) in [4.78, 5) is 43.8. The maximum absolute atomic E-state index is 13.5. The average molecular weight is 443 g/mol. The standard InChI is InChI=1S/C26H22N2O3S/c1-16-7-3-4-8-21(16)28-25(30)19-12-11-18(15-20(19)26(28)31)24(29)27-14-13-17(2)32-23-10-6-5-9-22(23)27/h3-12,15,17H,13-14H2,1-2H3. The normalized spacial score (nSPS) is 17.8. The Morgan fingerprint density at radius 3 is 2.38 bits per heavy atom. The Hall–Kier alpha value is -3.38. The van der Waals surface area contributed by atoms with Crippen LogP contribution < -0.4 is 9.80 Å². The molecule has 0 saturated carbocycles. The number of anilines is 2. The van der Waals surface area contributed by atoms with Gasteiger partial charge in [-0.25, -0.2) is 4.90 Å². The van der Waals surface area contributed by atoms with E-state index in [0.717, 1.165) is 22.6 Å². The predicted molar refractivity (Wildman–Crippen MR) is 127 cm³/mol. The molecular weight excluding hydrogens is 420 g/mol. The van der Waals surface area contributed by atoms with E-state index < -0.39 is 5.91 Å². The van der Waals surface area contributed by atoms with Gasteiger partial charge in [-0.15, -0.1) is 11.8 Å². The van der Waals surface area contributed by atoms with E-state index in [1.165, 1.54) is 4.90 Å². The van der Waals surface area contributed by atoms with Crippen molar-refractivity contribution < 1.29 is 14.4 Å². The molecule has 3 amide bonds. The van der Waals surface area contributed by atoms with Gasteiger partial charge in [0, 0.05) is 22.3 Å². The summed E-state index contributed by atoms with van der Waals surface area (Å²) in [6.07, 6.45) is 0.870. The fraction of sp³-hybridized carbons (Fsp3) is 0.192. The largest absolute Gasteiger partial charge is 0.307 e. The molecule has 2 aliphatic heterocycles. The summed E-state index contributed by atoms with van der Waals surface area (Å²) < 4.78 is 0. The van der Waals surface area contributed by atoms with Crippen molar-refractivity contribution in [3.05, 3.63) is 89.0 Å². The number of amides is 3. The summed E-state index contributed by atoms with van der Waals surface area (Å²) in [7, 11) is 0. The number of para-hydroxylation sites is 2. The molecule has 5 nitrogen and oxygen atoms in total. The monoisotopic (exact) mass is 442 g/mol. The lowest BCUT2D eigenvalue weighted by molar-refractivity contribution is 0.0924. The number of rotatable bonds is 2. The molecule has 2 heterocycles. The van der Waals surface area contributed by atoms with Crippen molar-refractivity contribution in [3.8, 4) is 0 Å². The molecule has 3 aromatic carbocycles. The van der Waals surface area contributed by atoms with Crippen LogP contribution in [0.2, 0.25) is 0 Å². The first-order valence-electron chi connectivity index (χ1n) is 10.6. The zero-order chi connectivity index (χ0) is 22.4. The number of carbonyl (C=O) groups excluding carboxylic acids is 3. The Labute approximate surface area is 191 Å². The fourth-order valence-electron chi connectivity index (χ4n) is 4.26. The molecular formula is C26H22N2O3S. The molecule has 0 fully saturated rings. The Morgan fingerprint density at radius 2 is 1.59 bits per heavy atom. The molecule has 1 unspecified atom stereocenters. The topological polar surface area (TPSA) is 57.7 Å². The number of carbonyl (C=O) groups is 3. The SMILES string of the molecule is Cc1ccccc1N1C(=O)c2ccc(C(=O)N3CCC(C)Sc4ccccc43)cc2C1=O. The van der Waals surface area contributed by atoms with E-state index in [2.05, 4.69) is 6.92 Å². The van der Waals surface area contributed by atoms with E-state index in [1.54, 1.807) is 47.0 Å². The lowest BCUT2D eigenvalue weighted by Gasteiger charge is -2.22. The molecule has 1 atom stereocenters. The van der Waals surface area contributed by atoms with Gasteiger partial charge in [0.25, 0.3) is 17.7 Å². The van der Waals surface area contributed by atoms with Crippen molar-refractivity contribution in [2.45, 2.75) is 30.4 Å². The lowest BCUT2D eigenvalue weighted by atomic mass is 10.0. The van der Waals surface area contributed by atoms with E-state index in [1.807, 2.05) is 43.3 Å². The average Bonchev–Trinajstić information content (AvgIpc) is 2.93. The van der Waals surface area contributed by atoms with Crippen LogP contribution in [-0.4, -0.2) is 29.5 Å². The molecule has 0 radical (unpaired) electrons. The van der Waals surface area contributed by atoms with Crippen molar-refractivity contribution >= 4 is 40.9 Å². The van der Waals surface area contributed by atoms with E-state index in [-0.39, 0.29) is 17.4 Å². The number of aryl methyl sites for hydroxylation is 1. The van der Waals surface area contributed by atoms with Gasteiger partial charge in [-0.2, -0.15) is 0 Å². The first kappa shape index (κ1) is 20.5. The molecule has 6 heteroatoms. The second-order valence-corrected chi connectivity index (χ2v) is 9.61. The summed E-state index contributed by atoms with van der Waals surface area (Å²) >= 11 is 1.77. The zero-order valence-electron chi connectivity index (χ0n) is 17.9. The minimum absolute atomic E-state index is 0.162. The first-order valence-corrected chi connectivity index (χ1v) is 11.5. The highest BCUT2D eigenvalue weighted by atomic mass is 32.2. The summed E-state index contributed by atoms with van der Waals surface area (Å²) in [5.74, 6) is -0.914. The van der Waals surface area contributed by atoms with Crippen LogP contribution in [-0.2, 0) is 0 Å². The number of imide groups is 1. The number of hydrogen-bond acceptors (Lipinski definition) is 4. The molecule has 0 N–H and O–H groups in total. The van der Waals surface area contributed by atoms with E-state index in [9.17, 15) is 14.4 Å². The van der Waals surface area contributed by atoms with Crippen molar-refractivity contribution in [1.29, 1.82) is 0 Å². The minimum Gasteiger partial charge on any atom is -0.307 e. The Bertz CT molecular complexity index is 1270. The van der Waals surface area contributed by atoms with Crippen LogP contribution in [0.25, 0.3) is 0 Å². The van der Waals surface area contributed by atoms with Crippen LogP contribution in [0.1, 0.15) is 50.0 Å². The van der Waals surface area contributed by atoms with Crippen molar-refractivity contribution in [1.82, 2.24) is 0 Å². The highest BCUT2D eigenvalue weighted by Crippen LogP contribution is 2.38. The maximum atomic E-state index is 13.5. The van der Waals surface area contributed by atoms with Gasteiger partial charge in [-0.05, 0) is 55.3 Å². The van der Waals surface area contributed by atoms with Crippen LogP contribution in [0, 0.1) is 6.92 Å². The second-order valence-electron chi connectivity index (χ2n) is 8.13. The first-order chi connectivity index (χ1) is 15.5. The highest BCUT2D eigenvalue weighted by molar-refractivity contribution is 8.00. The third-order valence-corrected chi connectivity index (χ3v) is 7.22. The van der Waals surface area contributed by atoms with E-state index in [4.69, 9.17) is 0 Å². The molecule has 5 rings (SSSR count). The summed E-state index contributed by atoms with van der Waals surface area (Å²) in [5, 5.41) is 0.399. The second kappa shape index (κ2) is 7.95. The number of thioether (sulfide) groups is 1. The maximum Gasteiger partial charge on any atom is 0.266 e. The smallest absolute Gasteiger partial charge is 0.266 e. The summed E-state index contributed by atoms with van der Waals surface area (Å²) in [5.41, 5.74) is 3.30. The Balaban J connectivity index is 1.51. The Morgan fingerprint density at radius 1 is 0.906 bits per heavy atom. The van der Waals surface area contributed by atoms with Crippen molar-refractivity contribution in [2.75, 3.05) is 16.3 Å². The molecule has 0 bridgehead atoms. The third kappa shape index (κ3) is 3.31. The van der Waals surface area contributed by atoms with Gasteiger partial charge in [0.15, 0.2) is 0 Å². The molecule has 0 spiro atoms. The number of benzene rings is 3. The van der Waals surface area contributed by atoms with Gasteiger partial charge in [-0.1, -0.05) is 37.3 Å². The fourth-order valence-corrected chi connectivity index (χ4v) is 5.37. The van der Waals surface area contributed by atoms with Gasteiger partial charge < -0.3 is 4.90 Å². The van der Waals surface area contributed by atoms with Gasteiger partial charge in [0.1, 0.15) is 0 Å². The molecule has 160 valence electrons. The quantitative estimate of drug-likeness (QED) is 0.504. The van der Waals surface area contributed by atoms with Gasteiger partial charge in [0.05, 0.1) is 22.5 Å². The van der Waals surface area contributed by atoms with Crippen LogP contribution in [0.15, 0.2) is 71.6 Å². The van der Waals surface area contributed by atoms with E-state index >= 15 is 0 Å². The van der Waals surface area contributed by atoms with Crippen LogP contribution >= 0.6 is 11.8 Å². The molecule has 0 saturated heterocycles. The number of nitrogens with zero attached hydrogens (tertiary/aromatic N) is 2. The summed E-state index contributed by atoms with van der Waals surface area (Å²) in [6, 6.07) is 20.0. The Kier molecular flexibility index (Phi) is 5.10. The summed E-state index contributed by atoms with van der Waals surface area (Å²) in [6.45, 7) is 4.63. The minimum atomic E-state index is -0.394. The highest BCUT2D eigenvalue weighted by Gasteiger charge is 2.38. The van der Waals surface area contributed by atoms with Crippen molar-refractivity contribution in [2.24, 2.45) is 0 Å². The molecule has 3 aromatic rings. The van der Waals surface area contributed by atoms with E-state index in [0.29, 0.717) is 28.6 Å². The van der Waals surface area contributed by atoms with Crippen LogP contribution in [0.4, 0.5) is 11.4 Å². The van der Waals surface area contributed by atoms with Crippen molar-refractivity contribution in [3.63, 3.8) is 0 Å². The van der Waals surface area contributed by atoms with Crippen LogP contribution in [0.5, 0.6) is 0 Å². The van der Waals surface area contributed by atoms with Crippen LogP contribution in [0.3, 0.4) is 0 Å². The third-order valence-electron chi connectivity index (χ3n) is 5.98.